The van der Waals surface area contributed by atoms with Gasteiger partial charge in [0.2, 0.25) is 11.8 Å². The molecule has 5 nitrogen and oxygen atoms in total. The molecule has 172 valence electrons. The van der Waals surface area contributed by atoms with Gasteiger partial charge in [-0.3, -0.25) is 9.59 Å². The van der Waals surface area contributed by atoms with Crippen molar-refractivity contribution in [2.24, 2.45) is 5.41 Å². The molecule has 0 radical (unpaired) electrons. The first-order chi connectivity index (χ1) is 15.7. The average Bonchev–Trinajstić information content (AvgIpc) is 2.74. The van der Waals surface area contributed by atoms with Gasteiger partial charge in [0.25, 0.3) is 0 Å². The van der Waals surface area contributed by atoms with Gasteiger partial charge in [-0.2, -0.15) is 0 Å². The van der Waals surface area contributed by atoms with Crippen LogP contribution in [-0.4, -0.2) is 17.1 Å². The number of carbonyl (C=O) groups is 2. The SMILES string of the molecule is CC(Sc1cccc(NC(=O)CC(C)(C)C)c1)C(=O)Nc1ccc(Oc2ccccc2)cc1. The quantitative estimate of drug-likeness (QED) is 0.355. The summed E-state index contributed by atoms with van der Waals surface area (Å²) >= 11 is 1.44. The maximum atomic E-state index is 12.7. The van der Waals surface area contributed by atoms with Crippen molar-refractivity contribution < 1.29 is 14.3 Å². The molecule has 0 saturated carbocycles. The summed E-state index contributed by atoms with van der Waals surface area (Å²) in [6, 6.07) is 24.4. The van der Waals surface area contributed by atoms with Gasteiger partial charge in [-0.1, -0.05) is 45.0 Å². The predicted molar refractivity (Wildman–Crippen MR) is 136 cm³/mol. The molecular weight excluding hydrogens is 432 g/mol. The molecule has 0 aliphatic heterocycles. The van der Waals surface area contributed by atoms with E-state index in [2.05, 4.69) is 10.6 Å². The second-order valence-corrected chi connectivity index (χ2v) is 10.4. The number of ether oxygens (including phenoxy) is 1. The Hall–Kier alpha value is -3.25. The lowest BCUT2D eigenvalue weighted by molar-refractivity contribution is -0.118. The fraction of sp³-hybridized carbons (Fsp3) is 0.259. The van der Waals surface area contributed by atoms with Gasteiger partial charge in [-0.15, -0.1) is 11.8 Å². The van der Waals surface area contributed by atoms with Crippen LogP contribution in [0.5, 0.6) is 11.5 Å². The van der Waals surface area contributed by atoms with E-state index in [0.717, 1.165) is 16.3 Å². The minimum atomic E-state index is -0.314. The zero-order chi connectivity index (χ0) is 23.8. The molecule has 3 rings (SSSR count). The number of carbonyl (C=O) groups excluding carboxylic acids is 2. The lowest BCUT2D eigenvalue weighted by Crippen LogP contribution is -2.22. The van der Waals surface area contributed by atoms with Crippen molar-refractivity contribution in [1.82, 2.24) is 0 Å². The highest BCUT2D eigenvalue weighted by atomic mass is 32.2. The molecule has 0 bridgehead atoms. The lowest BCUT2D eigenvalue weighted by Gasteiger charge is -2.17. The maximum absolute atomic E-state index is 12.7. The van der Waals surface area contributed by atoms with Crippen LogP contribution in [0, 0.1) is 5.41 Å². The Balaban J connectivity index is 1.53. The van der Waals surface area contributed by atoms with Crippen molar-refractivity contribution in [3.05, 3.63) is 78.9 Å². The number of hydrogen-bond acceptors (Lipinski definition) is 4. The van der Waals surface area contributed by atoms with E-state index in [4.69, 9.17) is 4.74 Å². The number of amides is 2. The van der Waals surface area contributed by atoms with E-state index in [1.165, 1.54) is 11.8 Å². The number of para-hydroxylation sites is 1. The molecule has 2 amide bonds. The zero-order valence-corrected chi connectivity index (χ0v) is 20.2. The van der Waals surface area contributed by atoms with Gasteiger partial charge >= 0.3 is 0 Å². The topological polar surface area (TPSA) is 67.4 Å². The highest BCUT2D eigenvalue weighted by Gasteiger charge is 2.17. The van der Waals surface area contributed by atoms with Gasteiger partial charge in [0, 0.05) is 22.7 Å². The Morgan fingerprint density at radius 3 is 2.18 bits per heavy atom. The van der Waals surface area contributed by atoms with Crippen LogP contribution in [0.1, 0.15) is 34.1 Å². The molecule has 3 aromatic carbocycles. The van der Waals surface area contributed by atoms with E-state index in [0.29, 0.717) is 17.9 Å². The average molecular weight is 463 g/mol. The zero-order valence-electron chi connectivity index (χ0n) is 19.4. The number of hydrogen-bond donors (Lipinski definition) is 2. The highest BCUT2D eigenvalue weighted by Crippen LogP contribution is 2.28. The fourth-order valence-corrected chi connectivity index (χ4v) is 3.99. The molecule has 33 heavy (non-hydrogen) atoms. The summed E-state index contributed by atoms with van der Waals surface area (Å²) in [5.41, 5.74) is 1.36. The van der Waals surface area contributed by atoms with Crippen LogP contribution in [0.4, 0.5) is 11.4 Å². The summed E-state index contributed by atoms with van der Waals surface area (Å²) in [5, 5.41) is 5.57. The normalized spacial score (nSPS) is 12.0. The monoisotopic (exact) mass is 462 g/mol. The lowest BCUT2D eigenvalue weighted by atomic mass is 9.92. The molecule has 0 saturated heterocycles. The van der Waals surface area contributed by atoms with Crippen molar-refractivity contribution in [2.75, 3.05) is 10.6 Å². The van der Waals surface area contributed by atoms with Crippen molar-refractivity contribution in [2.45, 2.75) is 44.3 Å². The molecule has 2 N–H and O–H groups in total. The molecule has 0 heterocycles. The van der Waals surface area contributed by atoms with Crippen LogP contribution in [0.2, 0.25) is 0 Å². The second-order valence-electron chi connectivity index (χ2n) is 9.00. The van der Waals surface area contributed by atoms with Crippen LogP contribution in [0.25, 0.3) is 0 Å². The number of nitrogens with one attached hydrogen (secondary N) is 2. The van der Waals surface area contributed by atoms with Crippen molar-refractivity contribution in [1.29, 1.82) is 0 Å². The fourth-order valence-electron chi connectivity index (χ4n) is 3.07. The molecule has 1 unspecified atom stereocenters. The van der Waals surface area contributed by atoms with E-state index in [1.807, 2.05) is 107 Å². The van der Waals surface area contributed by atoms with Crippen LogP contribution < -0.4 is 15.4 Å². The summed E-state index contributed by atoms with van der Waals surface area (Å²) in [7, 11) is 0. The van der Waals surface area contributed by atoms with Gasteiger partial charge in [-0.25, -0.2) is 0 Å². The summed E-state index contributed by atoms with van der Waals surface area (Å²) in [6.45, 7) is 7.95. The summed E-state index contributed by atoms with van der Waals surface area (Å²) in [5.74, 6) is 1.34. The van der Waals surface area contributed by atoms with Gasteiger partial charge in [0.15, 0.2) is 0 Å². The molecule has 3 aromatic rings. The molecule has 0 aliphatic rings. The first-order valence-electron chi connectivity index (χ1n) is 10.9. The van der Waals surface area contributed by atoms with E-state index >= 15 is 0 Å². The molecule has 6 heteroatoms. The standard InChI is InChI=1S/C27H30N2O3S/c1-19(33-24-12-8-9-21(17-24)28-25(30)18-27(2,3)4)26(31)29-20-13-15-23(16-14-20)32-22-10-6-5-7-11-22/h5-17,19H,18H2,1-4H3,(H,28,30)(H,29,31). The smallest absolute Gasteiger partial charge is 0.237 e. The molecule has 0 fully saturated rings. The van der Waals surface area contributed by atoms with E-state index in [1.54, 1.807) is 0 Å². The van der Waals surface area contributed by atoms with E-state index in [-0.39, 0.29) is 22.5 Å². The third-order valence-corrected chi connectivity index (χ3v) is 5.69. The minimum absolute atomic E-state index is 0.0184. The van der Waals surface area contributed by atoms with Crippen molar-refractivity contribution >= 4 is 35.0 Å². The maximum Gasteiger partial charge on any atom is 0.237 e. The largest absolute Gasteiger partial charge is 0.457 e. The van der Waals surface area contributed by atoms with Crippen molar-refractivity contribution in [3.8, 4) is 11.5 Å². The van der Waals surface area contributed by atoms with Crippen LogP contribution in [0.3, 0.4) is 0 Å². The number of thioether (sulfide) groups is 1. The Kier molecular flexibility index (Phi) is 8.17. The Bertz CT molecular complexity index is 1080. The number of rotatable bonds is 8. The molecule has 0 aromatic heterocycles. The summed E-state index contributed by atoms with van der Waals surface area (Å²) in [4.78, 5) is 25.8. The Morgan fingerprint density at radius 2 is 1.52 bits per heavy atom. The Labute approximate surface area is 199 Å². The molecule has 1 atom stereocenters. The highest BCUT2D eigenvalue weighted by molar-refractivity contribution is 8.00. The third kappa shape index (κ3) is 8.31. The van der Waals surface area contributed by atoms with Crippen LogP contribution in [-0.2, 0) is 9.59 Å². The van der Waals surface area contributed by atoms with E-state index < -0.39 is 0 Å². The second kappa shape index (κ2) is 11.1. The van der Waals surface area contributed by atoms with Gasteiger partial charge in [0.05, 0.1) is 5.25 Å². The number of anilines is 2. The third-order valence-electron chi connectivity index (χ3n) is 4.59. The van der Waals surface area contributed by atoms with Crippen LogP contribution >= 0.6 is 11.8 Å². The van der Waals surface area contributed by atoms with E-state index in [9.17, 15) is 9.59 Å². The van der Waals surface area contributed by atoms with Crippen LogP contribution in [0.15, 0.2) is 83.8 Å². The number of benzene rings is 3. The minimum Gasteiger partial charge on any atom is -0.457 e. The van der Waals surface area contributed by atoms with Gasteiger partial charge in [0.1, 0.15) is 11.5 Å². The first kappa shape index (κ1) is 24.4. The van der Waals surface area contributed by atoms with Gasteiger partial charge < -0.3 is 15.4 Å². The first-order valence-corrected chi connectivity index (χ1v) is 11.8. The molecule has 0 aliphatic carbocycles. The Morgan fingerprint density at radius 1 is 0.848 bits per heavy atom. The predicted octanol–water partition coefficient (Wildman–Crippen LogP) is 6.97. The molecule has 0 spiro atoms. The van der Waals surface area contributed by atoms with Crippen molar-refractivity contribution in [3.63, 3.8) is 0 Å². The summed E-state index contributed by atoms with van der Waals surface area (Å²) < 4.78 is 5.78. The molecular formula is C27H30N2O3S. The van der Waals surface area contributed by atoms with Gasteiger partial charge in [-0.05, 0) is 66.9 Å². The summed E-state index contributed by atoms with van der Waals surface area (Å²) in [6.07, 6.45) is 0.443.